The van der Waals surface area contributed by atoms with E-state index in [2.05, 4.69) is 5.32 Å². The first kappa shape index (κ1) is 12.4. The number of carbonyl (C=O) groups is 2. The molecule has 0 spiro atoms. The molecule has 1 aliphatic rings. The van der Waals surface area contributed by atoms with Crippen LogP contribution in [0, 0.1) is 5.92 Å². The number of benzene rings is 1. The molecule has 96 valence electrons. The molecule has 0 radical (unpaired) electrons. The lowest BCUT2D eigenvalue weighted by Crippen LogP contribution is -2.19. The molecular formula is C13H16N2O3. The molecule has 3 N–H and O–H groups in total. The van der Waals surface area contributed by atoms with Crippen LogP contribution in [0.1, 0.15) is 30.1 Å². The second kappa shape index (κ2) is 5.08. The summed E-state index contributed by atoms with van der Waals surface area (Å²) in [6.07, 6.45) is 2.24. The van der Waals surface area contributed by atoms with Crippen LogP contribution in [0.5, 0.6) is 0 Å². The summed E-state index contributed by atoms with van der Waals surface area (Å²) in [4.78, 5) is 22.4. The van der Waals surface area contributed by atoms with Crippen LogP contribution in [-0.2, 0) is 4.74 Å². The number of anilines is 1. The first-order valence-corrected chi connectivity index (χ1v) is 5.94. The van der Waals surface area contributed by atoms with Crippen molar-refractivity contribution in [3.05, 3.63) is 29.8 Å². The van der Waals surface area contributed by atoms with E-state index in [1.54, 1.807) is 24.3 Å². The Hall–Kier alpha value is -2.04. The van der Waals surface area contributed by atoms with Crippen LogP contribution < -0.4 is 11.1 Å². The number of nitrogens with two attached hydrogens (primary N) is 1. The Bertz CT molecular complexity index is 452. The van der Waals surface area contributed by atoms with E-state index in [1.807, 2.05) is 6.92 Å². The number of hydrogen-bond acceptors (Lipinski definition) is 3. The number of esters is 1. The van der Waals surface area contributed by atoms with Crippen LogP contribution in [-0.4, -0.2) is 18.1 Å². The average molecular weight is 248 g/mol. The van der Waals surface area contributed by atoms with Gasteiger partial charge in [0.25, 0.3) is 0 Å². The molecule has 5 nitrogen and oxygen atoms in total. The molecule has 0 saturated heterocycles. The standard InChI is InChI=1S/C13H16N2O3/c1-8(9-2-3-9)18-12(16)10-4-6-11(7-5-10)15-13(14)17/h4-9H,2-3H2,1H3,(H3,14,15,17). The van der Waals surface area contributed by atoms with Crippen LogP contribution in [0.15, 0.2) is 24.3 Å². The van der Waals surface area contributed by atoms with Gasteiger partial charge in [-0.05, 0) is 49.9 Å². The summed E-state index contributed by atoms with van der Waals surface area (Å²) in [7, 11) is 0. The average Bonchev–Trinajstić information content (AvgIpc) is 3.12. The zero-order valence-electron chi connectivity index (χ0n) is 10.2. The van der Waals surface area contributed by atoms with E-state index in [-0.39, 0.29) is 12.1 Å². The minimum Gasteiger partial charge on any atom is -0.459 e. The van der Waals surface area contributed by atoms with E-state index < -0.39 is 6.03 Å². The highest BCUT2D eigenvalue weighted by Gasteiger charge is 2.30. The molecule has 1 atom stereocenters. The zero-order chi connectivity index (χ0) is 13.1. The van der Waals surface area contributed by atoms with Crippen molar-refractivity contribution in [1.29, 1.82) is 0 Å². The molecule has 5 heteroatoms. The lowest BCUT2D eigenvalue weighted by Gasteiger charge is -2.12. The predicted octanol–water partition coefficient (Wildman–Crippen LogP) is 2.13. The zero-order valence-corrected chi connectivity index (χ0v) is 10.2. The Balaban J connectivity index is 1.95. The highest BCUT2D eigenvalue weighted by atomic mass is 16.5. The smallest absolute Gasteiger partial charge is 0.338 e. The summed E-state index contributed by atoms with van der Waals surface area (Å²) in [6, 6.07) is 5.81. The van der Waals surface area contributed by atoms with E-state index in [0.717, 1.165) is 12.8 Å². The number of nitrogens with one attached hydrogen (secondary N) is 1. The molecule has 0 aromatic heterocycles. The van der Waals surface area contributed by atoms with Gasteiger partial charge in [-0.25, -0.2) is 9.59 Å². The van der Waals surface area contributed by atoms with Gasteiger partial charge in [-0.3, -0.25) is 0 Å². The summed E-state index contributed by atoms with van der Waals surface area (Å²) in [6.45, 7) is 1.92. The topological polar surface area (TPSA) is 81.4 Å². The Kier molecular flexibility index (Phi) is 3.50. The molecule has 1 fully saturated rings. The maximum Gasteiger partial charge on any atom is 0.338 e. The number of hydrogen-bond donors (Lipinski definition) is 2. The van der Waals surface area contributed by atoms with Gasteiger partial charge in [0.1, 0.15) is 6.10 Å². The van der Waals surface area contributed by atoms with Crippen molar-refractivity contribution in [3.63, 3.8) is 0 Å². The number of ether oxygens (including phenoxy) is 1. The highest BCUT2D eigenvalue weighted by Crippen LogP contribution is 2.34. The first-order chi connectivity index (χ1) is 8.56. The maximum atomic E-state index is 11.8. The van der Waals surface area contributed by atoms with Crippen molar-refractivity contribution in [2.75, 3.05) is 5.32 Å². The largest absolute Gasteiger partial charge is 0.459 e. The van der Waals surface area contributed by atoms with Crippen molar-refractivity contribution in [1.82, 2.24) is 0 Å². The summed E-state index contributed by atoms with van der Waals surface area (Å²) in [5.74, 6) is 0.185. The van der Waals surface area contributed by atoms with Gasteiger partial charge in [0.15, 0.2) is 0 Å². The molecule has 0 bridgehead atoms. The van der Waals surface area contributed by atoms with Crippen molar-refractivity contribution in [2.45, 2.75) is 25.9 Å². The third-order valence-electron chi connectivity index (χ3n) is 2.97. The van der Waals surface area contributed by atoms with E-state index in [9.17, 15) is 9.59 Å². The fourth-order valence-corrected chi connectivity index (χ4v) is 1.73. The molecule has 1 unspecified atom stereocenters. The van der Waals surface area contributed by atoms with E-state index in [4.69, 9.17) is 10.5 Å². The molecule has 2 amide bonds. The molecule has 0 heterocycles. The lowest BCUT2D eigenvalue weighted by molar-refractivity contribution is 0.0295. The molecule has 1 aromatic rings. The van der Waals surface area contributed by atoms with Gasteiger partial charge in [0, 0.05) is 5.69 Å². The number of primary amides is 1. The summed E-state index contributed by atoms with van der Waals surface area (Å²) < 4.78 is 5.33. The molecule has 0 aliphatic heterocycles. The van der Waals surface area contributed by atoms with E-state index in [1.165, 1.54) is 0 Å². The van der Waals surface area contributed by atoms with E-state index in [0.29, 0.717) is 17.2 Å². The third kappa shape index (κ3) is 3.23. The molecule has 1 aliphatic carbocycles. The highest BCUT2D eigenvalue weighted by molar-refractivity contribution is 5.91. The number of urea groups is 1. The van der Waals surface area contributed by atoms with Gasteiger partial charge in [-0.1, -0.05) is 0 Å². The van der Waals surface area contributed by atoms with E-state index >= 15 is 0 Å². The summed E-state index contributed by atoms with van der Waals surface area (Å²) >= 11 is 0. The van der Waals surface area contributed by atoms with Crippen molar-refractivity contribution in [2.24, 2.45) is 11.7 Å². The molecule has 18 heavy (non-hydrogen) atoms. The van der Waals surface area contributed by atoms with Crippen LogP contribution in [0.3, 0.4) is 0 Å². The third-order valence-corrected chi connectivity index (χ3v) is 2.97. The maximum absolute atomic E-state index is 11.8. The van der Waals surface area contributed by atoms with Gasteiger partial charge in [-0.15, -0.1) is 0 Å². The predicted molar refractivity (Wildman–Crippen MR) is 67.2 cm³/mol. The minimum atomic E-state index is -0.632. The Morgan fingerprint density at radius 1 is 1.33 bits per heavy atom. The minimum absolute atomic E-state index is 0.0269. The fraction of sp³-hybridized carbons (Fsp3) is 0.385. The van der Waals surface area contributed by atoms with Crippen LogP contribution in [0.2, 0.25) is 0 Å². The van der Waals surface area contributed by atoms with Gasteiger partial charge >= 0.3 is 12.0 Å². The van der Waals surface area contributed by atoms with Crippen molar-refractivity contribution >= 4 is 17.7 Å². The monoisotopic (exact) mass is 248 g/mol. The summed E-state index contributed by atoms with van der Waals surface area (Å²) in [5, 5.41) is 2.43. The Labute approximate surface area is 105 Å². The van der Waals surface area contributed by atoms with Crippen LogP contribution >= 0.6 is 0 Å². The first-order valence-electron chi connectivity index (χ1n) is 5.94. The number of amides is 2. The van der Waals surface area contributed by atoms with Crippen molar-refractivity contribution in [3.8, 4) is 0 Å². The molecular weight excluding hydrogens is 232 g/mol. The van der Waals surface area contributed by atoms with Gasteiger partial charge in [0.2, 0.25) is 0 Å². The fourth-order valence-electron chi connectivity index (χ4n) is 1.73. The van der Waals surface area contributed by atoms with Gasteiger partial charge in [0.05, 0.1) is 5.56 Å². The second-order valence-corrected chi connectivity index (χ2v) is 4.51. The molecule has 1 aromatic carbocycles. The second-order valence-electron chi connectivity index (χ2n) is 4.51. The Morgan fingerprint density at radius 3 is 2.44 bits per heavy atom. The van der Waals surface area contributed by atoms with Gasteiger partial charge < -0.3 is 15.8 Å². The molecule has 1 saturated carbocycles. The SMILES string of the molecule is CC(OC(=O)c1ccc(NC(N)=O)cc1)C1CC1. The number of rotatable bonds is 4. The lowest BCUT2D eigenvalue weighted by atomic mass is 10.2. The van der Waals surface area contributed by atoms with Gasteiger partial charge in [-0.2, -0.15) is 0 Å². The quantitative estimate of drug-likeness (QED) is 0.801. The van der Waals surface area contributed by atoms with Crippen LogP contribution in [0.4, 0.5) is 10.5 Å². The molecule has 2 rings (SSSR count). The Morgan fingerprint density at radius 2 is 1.94 bits per heavy atom. The summed E-state index contributed by atoms with van der Waals surface area (Å²) in [5.41, 5.74) is 6.01. The van der Waals surface area contributed by atoms with Crippen LogP contribution in [0.25, 0.3) is 0 Å². The van der Waals surface area contributed by atoms with Crippen molar-refractivity contribution < 1.29 is 14.3 Å². The number of carbonyl (C=O) groups excluding carboxylic acids is 2. The normalized spacial score (nSPS) is 15.8.